The highest BCUT2D eigenvalue weighted by Gasteiger charge is 2.28. The van der Waals surface area contributed by atoms with Crippen LogP contribution in [0.1, 0.15) is 12.5 Å². The number of aromatic amines is 1. The molecule has 1 aliphatic heterocycles. The first-order chi connectivity index (χ1) is 12.0. The second kappa shape index (κ2) is 6.16. The number of thioether (sulfide) groups is 1. The topological polar surface area (TPSA) is 92.7 Å². The van der Waals surface area contributed by atoms with E-state index < -0.39 is 5.82 Å². The zero-order chi connectivity index (χ0) is 17.6. The Morgan fingerprint density at radius 2 is 2.36 bits per heavy atom. The quantitative estimate of drug-likeness (QED) is 0.682. The van der Waals surface area contributed by atoms with E-state index in [2.05, 4.69) is 20.5 Å². The fourth-order valence-electron chi connectivity index (χ4n) is 2.71. The molecule has 1 atom stereocenters. The van der Waals surface area contributed by atoms with E-state index in [1.165, 1.54) is 40.7 Å². The number of carbonyl (C=O) groups is 1. The van der Waals surface area contributed by atoms with E-state index >= 15 is 0 Å². The molecule has 25 heavy (non-hydrogen) atoms. The maximum absolute atomic E-state index is 13.2. The summed E-state index contributed by atoms with van der Waals surface area (Å²) in [6.07, 6.45) is 1.53. The van der Waals surface area contributed by atoms with Gasteiger partial charge in [0.25, 0.3) is 5.56 Å². The smallest absolute Gasteiger partial charge is 0.265 e. The highest BCUT2D eigenvalue weighted by atomic mass is 35.5. The first kappa shape index (κ1) is 16.1. The van der Waals surface area contributed by atoms with Crippen LogP contribution in [0.25, 0.3) is 11.0 Å². The lowest BCUT2D eigenvalue weighted by molar-refractivity contribution is -0.116. The van der Waals surface area contributed by atoms with Crippen molar-refractivity contribution in [2.24, 2.45) is 0 Å². The Morgan fingerprint density at radius 3 is 3.16 bits per heavy atom. The third kappa shape index (κ3) is 2.89. The molecule has 0 bridgehead atoms. The van der Waals surface area contributed by atoms with Gasteiger partial charge in [-0.1, -0.05) is 23.4 Å². The van der Waals surface area contributed by atoms with Crippen molar-refractivity contribution in [1.29, 1.82) is 0 Å². The van der Waals surface area contributed by atoms with E-state index in [-0.39, 0.29) is 29.0 Å². The number of H-pyrrole nitrogens is 1. The second-order valence-corrected chi connectivity index (χ2v) is 6.94. The van der Waals surface area contributed by atoms with Gasteiger partial charge in [-0.25, -0.2) is 9.37 Å². The number of carbonyl (C=O) groups excluding carboxylic acids is 1. The molecule has 2 aromatic heterocycles. The highest BCUT2D eigenvalue weighted by molar-refractivity contribution is 7.99. The van der Waals surface area contributed by atoms with Crippen LogP contribution in [0.2, 0.25) is 5.02 Å². The van der Waals surface area contributed by atoms with Crippen molar-refractivity contribution in [2.45, 2.75) is 17.6 Å². The predicted octanol–water partition coefficient (Wildman–Crippen LogP) is 2.59. The first-order valence-electron chi connectivity index (χ1n) is 7.36. The van der Waals surface area contributed by atoms with Crippen LogP contribution in [0.4, 0.5) is 10.1 Å². The van der Waals surface area contributed by atoms with Gasteiger partial charge in [-0.2, -0.15) is 5.10 Å². The fraction of sp³-hybridized carbons (Fsp3) is 0.200. The molecular formula is C15H11ClFN5O2S. The van der Waals surface area contributed by atoms with Crippen molar-refractivity contribution in [1.82, 2.24) is 19.7 Å². The SMILES string of the molecule is O=C(CC1CSc2nc3[nH]ncc3c(=O)n21)Nc1ccc(F)c(Cl)c1. The van der Waals surface area contributed by atoms with Gasteiger partial charge in [0.05, 0.1) is 17.3 Å². The van der Waals surface area contributed by atoms with Crippen molar-refractivity contribution >= 4 is 46.0 Å². The molecular weight excluding hydrogens is 369 g/mol. The van der Waals surface area contributed by atoms with Gasteiger partial charge in [0.1, 0.15) is 11.2 Å². The number of hydrogen-bond acceptors (Lipinski definition) is 5. The minimum atomic E-state index is -0.553. The molecule has 0 radical (unpaired) electrons. The Balaban J connectivity index is 1.56. The molecule has 128 valence electrons. The van der Waals surface area contributed by atoms with Crippen LogP contribution in [0, 0.1) is 5.82 Å². The van der Waals surface area contributed by atoms with Gasteiger partial charge >= 0.3 is 0 Å². The summed E-state index contributed by atoms with van der Waals surface area (Å²) in [4.78, 5) is 29.2. The van der Waals surface area contributed by atoms with Crippen molar-refractivity contribution in [3.05, 3.63) is 45.6 Å². The lowest BCUT2D eigenvalue weighted by atomic mass is 10.2. The molecule has 3 heterocycles. The maximum atomic E-state index is 13.2. The summed E-state index contributed by atoms with van der Waals surface area (Å²) in [5.41, 5.74) is 0.620. The lowest BCUT2D eigenvalue weighted by Crippen LogP contribution is -2.27. The van der Waals surface area contributed by atoms with Crippen molar-refractivity contribution in [2.75, 3.05) is 11.1 Å². The van der Waals surface area contributed by atoms with Crippen molar-refractivity contribution in [3.8, 4) is 0 Å². The van der Waals surface area contributed by atoms with E-state index in [0.29, 0.717) is 27.6 Å². The van der Waals surface area contributed by atoms with Crippen LogP contribution >= 0.6 is 23.4 Å². The fourth-order valence-corrected chi connectivity index (χ4v) is 4.02. The van der Waals surface area contributed by atoms with Crippen LogP contribution in [0.5, 0.6) is 0 Å². The van der Waals surface area contributed by atoms with Gasteiger partial charge in [-0.3, -0.25) is 19.3 Å². The number of aromatic nitrogens is 4. The summed E-state index contributed by atoms with van der Waals surface area (Å²) in [6.45, 7) is 0. The van der Waals surface area contributed by atoms with Gasteiger partial charge < -0.3 is 5.32 Å². The van der Waals surface area contributed by atoms with Crippen LogP contribution < -0.4 is 10.9 Å². The Morgan fingerprint density at radius 1 is 1.52 bits per heavy atom. The van der Waals surface area contributed by atoms with Gasteiger partial charge in [0.2, 0.25) is 5.91 Å². The van der Waals surface area contributed by atoms with Crippen LogP contribution in [-0.2, 0) is 4.79 Å². The number of benzene rings is 1. The molecule has 1 amide bonds. The number of rotatable bonds is 3. The molecule has 7 nitrogen and oxygen atoms in total. The molecule has 0 saturated carbocycles. The molecule has 0 spiro atoms. The molecule has 4 rings (SSSR count). The molecule has 1 aromatic carbocycles. The standard InChI is InChI=1S/C15H11ClFN5O2S/c16-10-3-7(1-2-11(10)17)19-12(23)4-8-6-25-15-20-13-9(5-18-21-13)14(24)22(8)15/h1-3,5,8H,4,6H2,(H,18,21)(H,19,23). The van der Waals surface area contributed by atoms with Crippen LogP contribution in [0.15, 0.2) is 34.3 Å². The monoisotopic (exact) mass is 379 g/mol. The number of hydrogen-bond donors (Lipinski definition) is 2. The molecule has 0 aliphatic carbocycles. The molecule has 0 saturated heterocycles. The summed E-state index contributed by atoms with van der Waals surface area (Å²) in [6, 6.07) is 3.65. The summed E-state index contributed by atoms with van der Waals surface area (Å²) in [5.74, 6) is -0.275. The number of amides is 1. The summed E-state index contributed by atoms with van der Waals surface area (Å²) in [7, 11) is 0. The summed E-state index contributed by atoms with van der Waals surface area (Å²) >= 11 is 7.12. The molecule has 0 fully saturated rings. The third-order valence-corrected chi connectivity index (χ3v) is 5.26. The van der Waals surface area contributed by atoms with E-state index in [4.69, 9.17) is 11.6 Å². The highest BCUT2D eigenvalue weighted by Crippen LogP contribution is 2.33. The lowest BCUT2D eigenvalue weighted by Gasteiger charge is -2.13. The van der Waals surface area contributed by atoms with Crippen molar-refractivity contribution < 1.29 is 9.18 Å². The Kier molecular flexibility index (Phi) is 3.97. The molecule has 10 heteroatoms. The van der Waals surface area contributed by atoms with Crippen LogP contribution in [0.3, 0.4) is 0 Å². The average Bonchev–Trinajstić information content (AvgIpc) is 3.19. The zero-order valence-corrected chi connectivity index (χ0v) is 14.2. The minimum absolute atomic E-state index is 0.0673. The average molecular weight is 380 g/mol. The normalized spacial score (nSPS) is 16.2. The van der Waals surface area contributed by atoms with Crippen molar-refractivity contribution in [3.63, 3.8) is 0 Å². The largest absolute Gasteiger partial charge is 0.326 e. The van der Waals surface area contributed by atoms with Gasteiger partial charge in [0, 0.05) is 17.9 Å². The Hall–Kier alpha value is -2.39. The number of halogens is 2. The zero-order valence-electron chi connectivity index (χ0n) is 12.6. The Labute approximate surface area is 149 Å². The van der Waals surface area contributed by atoms with E-state index in [0.717, 1.165) is 0 Å². The maximum Gasteiger partial charge on any atom is 0.265 e. The van der Waals surface area contributed by atoms with E-state index in [1.807, 2.05) is 0 Å². The first-order valence-corrected chi connectivity index (χ1v) is 8.72. The number of nitrogens with one attached hydrogen (secondary N) is 2. The second-order valence-electron chi connectivity index (χ2n) is 5.55. The van der Waals surface area contributed by atoms with Gasteiger partial charge in [-0.05, 0) is 18.2 Å². The van der Waals surface area contributed by atoms with Gasteiger partial charge in [0.15, 0.2) is 10.8 Å². The molecule has 2 N–H and O–H groups in total. The molecule has 1 unspecified atom stereocenters. The Bertz CT molecular complexity index is 1050. The molecule has 3 aromatic rings. The number of fused-ring (bicyclic) bond motifs is 2. The summed E-state index contributed by atoms with van der Waals surface area (Å²) in [5, 5.41) is 10.1. The number of nitrogens with zero attached hydrogens (tertiary/aromatic N) is 3. The van der Waals surface area contributed by atoms with Gasteiger partial charge in [-0.15, -0.1) is 0 Å². The van der Waals surface area contributed by atoms with E-state index in [1.54, 1.807) is 0 Å². The van der Waals surface area contributed by atoms with Crippen LogP contribution in [-0.4, -0.2) is 31.4 Å². The predicted molar refractivity (Wildman–Crippen MR) is 92.6 cm³/mol. The minimum Gasteiger partial charge on any atom is -0.326 e. The van der Waals surface area contributed by atoms with E-state index in [9.17, 15) is 14.0 Å². The molecule has 1 aliphatic rings. The number of anilines is 1. The summed E-state index contributed by atoms with van der Waals surface area (Å²) < 4.78 is 14.7. The third-order valence-electron chi connectivity index (χ3n) is 3.88.